The molecule has 0 aromatic heterocycles. The Morgan fingerprint density at radius 3 is 2.48 bits per heavy atom. The van der Waals surface area contributed by atoms with Crippen LogP contribution in [-0.4, -0.2) is 40.5 Å². The number of benzene rings is 2. The Kier molecular flexibility index (Phi) is 5.13. The van der Waals surface area contributed by atoms with E-state index in [4.69, 9.17) is 14.2 Å². The summed E-state index contributed by atoms with van der Waals surface area (Å²) in [5.41, 5.74) is 1.08. The number of carbonyl (C=O) groups excluding carboxylic acids is 1. The van der Waals surface area contributed by atoms with Crippen LogP contribution in [0.15, 0.2) is 42.5 Å². The van der Waals surface area contributed by atoms with Crippen LogP contribution in [0.3, 0.4) is 0 Å². The van der Waals surface area contributed by atoms with Gasteiger partial charge in [-0.2, -0.15) is 0 Å². The second-order valence-corrected chi connectivity index (χ2v) is 8.06. The van der Waals surface area contributed by atoms with E-state index < -0.39 is 16.1 Å². The summed E-state index contributed by atoms with van der Waals surface area (Å²) in [6.07, 6.45) is 0.369. The molecule has 8 nitrogen and oxygen atoms in total. The number of fused-ring (bicyclic) bond motifs is 1. The van der Waals surface area contributed by atoms with Crippen molar-refractivity contribution in [1.29, 1.82) is 0 Å². The van der Waals surface area contributed by atoms with E-state index in [-0.39, 0.29) is 12.7 Å². The van der Waals surface area contributed by atoms with E-state index in [9.17, 15) is 13.2 Å². The molecule has 0 fully saturated rings. The molecule has 0 aliphatic carbocycles. The fraction of sp³-hybridized carbons (Fsp3) is 0.278. The lowest BCUT2D eigenvalue weighted by Gasteiger charge is -2.18. The van der Waals surface area contributed by atoms with Crippen LogP contribution in [0.1, 0.15) is 6.92 Å². The second kappa shape index (κ2) is 7.36. The molecule has 27 heavy (non-hydrogen) atoms. The van der Waals surface area contributed by atoms with Crippen molar-refractivity contribution >= 4 is 27.3 Å². The van der Waals surface area contributed by atoms with Gasteiger partial charge in [0.05, 0.1) is 11.9 Å². The van der Waals surface area contributed by atoms with Gasteiger partial charge in [0.2, 0.25) is 16.8 Å². The molecule has 144 valence electrons. The topological polar surface area (TPSA) is 94.2 Å². The van der Waals surface area contributed by atoms with Crippen molar-refractivity contribution < 1.29 is 27.4 Å². The van der Waals surface area contributed by atoms with Crippen LogP contribution in [-0.2, 0) is 14.8 Å². The van der Waals surface area contributed by atoms with Crippen molar-refractivity contribution in [2.24, 2.45) is 0 Å². The molecule has 0 unspecified atom stereocenters. The summed E-state index contributed by atoms with van der Waals surface area (Å²) in [6.45, 7) is 1.79. The first kappa shape index (κ1) is 18.8. The lowest BCUT2D eigenvalue weighted by molar-refractivity contribution is -0.122. The van der Waals surface area contributed by atoms with E-state index >= 15 is 0 Å². The maximum absolute atomic E-state index is 12.3. The number of rotatable bonds is 6. The fourth-order valence-corrected chi connectivity index (χ4v) is 2.91. The number of nitrogens with one attached hydrogen (secondary N) is 1. The highest BCUT2D eigenvalue weighted by Crippen LogP contribution is 2.34. The average Bonchev–Trinajstić information content (AvgIpc) is 3.08. The number of hydrogen-bond acceptors (Lipinski definition) is 6. The van der Waals surface area contributed by atoms with E-state index in [0.717, 1.165) is 10.6 Å². The van der Waals surface area contributed by atoms with E-state index in [0.29, 0.717) is 28.6 Å². The molecular weight excluding hydrogens is 372 g/mol. The van der Waals surface area contributed by atoms with Gasteiger partial charge < -0.3 is 19.5 Å². The van der Waals surface area contributed by atoms with Crippen molar-refractivity contribution in [2.75, 3.05) is 29.7 Å². The minimum absolute atomic E-state index is 0.163. The van der Waals surface area contributed by atoms with Gasteiger partial charge in [0.15, 0.2) is 17.6 Å². The number of ether oxygens (including phenoxy) is 3. The smallest absolute Gasteiger partial charge is 0.265 e. The predicted molar refractivity (Wildman–Crippen MR) is 101 cm³/mol. The van der Waals surface area contributed by atoms with Gasteiger partial charge in [-0.3, -0.25) is 9.10 Å². The Balaban J connectivity index is 1.61. The number of carbonyl (C=O) groups is 1. The lowest BCUT2D eigenvalue weighted by Crippen LogP contribution is -2.30. The minimum atomic E-state index is -3.33. The third-order valence-corrected chi connectivity index (χ3v) is 5.23. The molecule has 0 bridgehead atoms. The molecule has 1 amide bonds. The Labute approximate surface area is 157 Å². The number of anilines is 2. The average molecular weight is 392 g/mol. The van der Waals surface area contributed by atoms with Gasteiger partial charge in [0.25, 0.3) is 5.91 Å². The van der Waals surface area contributed by atoms with Gasteiger partial charge >= 0.3 is 0 Å². The maximum atomic E-state index is 12.3. The van der Waals surface area contributed by atoms with Gasteiger partial charge in [-0.05, 0) is 43.3 Å². The highest BCUT2D eigenvalue weighted by atomic mass is 32.2. The number of nitrogens with zero attached hydrogens (tertiary/aromatic N) is 1. The van der Waals surface area contributed by atoms with Crippen molar-refractivity contribution in [3.8, 4) is 17.2 Å². The highest BCUT2D eigenvalue weighted by Gasteiger charge is 2.18. The maximum Gasteiger partial charge on any atom is 0.265 e. The Morgan fingerprint density at radius 1 is 1.15 bits per heavy atom. The summed E-state index contributed by atoms with van der Waals surface area (Å²) in [4.78, 5) is 12.3. The first-order chi connectivity index (χ1) is 12.7. The van der Waals surface area contributed by atoms with Crippen LogP contribution >= 0.6 is 0 Å². The zero-order valence-electron chi connectivity index (χ0n) is 15.1. The summed E-state index contributed by atoms with van der Waals surface area (Å²) < 4.78 is 40.4. The molecule has 0 radical (unpaired) electrons. The van der Waals surface area contributed by atoms with Crippen molar-refractivity contribution in [2.45, 2.75) is 13.0 Å². The van der Waals surface area contributed by atoms with Crippen LogP contribution < -0.4 is 23.8 Å². The molecule has 1 aliphatic rings. The predicted octanol–water partition coefficient (Wildman–Crippen LogP) is 2.22. The van der Waals surface area contributed by atoms with Gasteiger partial charge in [-0.1, -0.05) is 0 Å². The number of sulfonamides is 1. The first-order valence-corrected chi connectivity index (χ1v) is 10.00. The van der Waals surface area contributed by atoms with Crippen LogP contribution in [0.4, 0.5) is 11.4 Å². The third kappa shape index (κ3) is 4.43. The first-order valence-electron chi connectivity index (χ1n) is 8.15. The monoisotopic (exact) mass is 392 g/mol. The summed E-state index contributed by atoms with van der Waals surface area (Å²) in [5.74, 6) is 1.34. The Hall–Kier alpha value is -2.94. The third-order valence-electron chi connectivity index (χ3n) is 4.02. The number of amides is 1. The summed E-state index contributed by atoms with van der Waals surface area (Å²) in [7, 11) is -1.87. The van der Waals surface area contributed by atoms with Crippen LogP contribution in [0.2, 0.25) is 0 Å². The molecule has 0 saturated carbocycles. The van der Waals surface area contributed by atoms with E-state index in [1.54, 1.807) is 49.4 Å². The molecule has 0 saturated heterocycles. The quantitative estimate of drug-likeness (QED) is 0.810. The van der Waals surface area contributed by atoms with Gasteiger partial charge in [0.1, 0.15) is 5.75 Å². The van der Waals surface area contributed by atoms with Crippen molar-refractivity contribution in [1.82, 2.24) is 0 Å². The standard InChI is InChI=1S/C18H20N2O6S/c1-12(18(21)19-13-4-9-16-17(10-13)25-11-24-16)26-15-7-5-14(6-8-15)20(2)27(3,22)23/h4-10,12H,11H2,1-3H3,(H,19,21)/t12-/m1/s1. The minimum Gasteiger partial charge on any atom is -0.481 e. The molecular formula is C18H20N2O6S. The van der Waals surface area contributed by atoms with E-state index in [2.05, 4.69) is 5.32 Å². The molecule has 1 atom stereocenters. The Bertz CT molecular complexity index is 943. The van der Waals surface area contributed by atoms with Crippen molar-refractivity contribution in [3.05, 3.63) is 42.5 Å². The SMILES string of the molecule is C[C@@H](Oc1ccc(N(C)S(C)(=O)=O)cc1)C(=O)Nc1ccc2c(c1)OCO2. The largest absolute Gasteiger partial charge is 0.481 e. The number of hydrogen-bond donors (Lipinski definition) is 1. The molecule has 1 heterocycles. The molecule has 9 heteroatoms. The van der Waals surface area contributed by atoms with Gasteiger partial charge in [-0.25, -0.2) is 8.42 Å². The molecule has 1 N–H and O–H groups in total. The zero-order chi connectivity index (χ0) is 19.6. The highest BCUT2D eigenvalue weighted by molar-refractivity contribution is 7.92. The van der Waals surface area contributed by atoms with Crippen LogP contribution in [0, 0.1) is 0 Å². The molecule has 2 aromatic carbocycles. The van der Waals surface area contributed by atoms with Gasteiger partial charge in [0, 0.05) is 18.8 Å². The van der Waals surface area contributed by atoms with Gasteiger partial charge in [-0.15, -0.1) is 0 Å². The summed E-state index contributed by atoms with van der Waals surface area (Å²) in [6, 6.07) is 11.6. The van der Waals surface area contributed by atoms with Crippen LogP contribution in [0.5, 0.6) is 17.2 Å². The van der Waals surface area contributed by atoms with E-state index in [1.807, 2.05) is 0 Å². The van der Waals surface area contributed by atoms with E-state index in [1.165, 1.54) is 7.05 Å². The van der Waals surface area contributed by atoms with Crippen molar-refractivity contribution in [3.63, 3.8) is 0 Å². The Morgan fingerprint density at radius 2 is 1.81 bits per heavy atom. The summed E-state index contributed by atoms with van der Waals surface area (Å²) >= 11 is 0. The second-order valence-electron chi connectivity index (χ2n) is 6.04. The summed E-state index contributed by atoms with van der Waals surface area (Å²) in [5, 5.41) is 2.75. The van der Waals surface area contributed by atoms with Crippen LogP contribution in [0.25, 0.3) is 0 Å². The zero-order valence-corrected chi connectivity index (χ0v) is 15.9. The fourth-order valence-electron chi connectivity index (χ4n) is 2.40. The molecule has 1 aliphatic heterocycles. The molecule has 0 spiro atoms. The normalized spacial score (nSPS) is 13.7. The molecule has 2 aromatic rings. The lowest BCUT2D eigenvalue weighted by atomic mass is 10.2. The molecule has 3 rings (SSSR count).